The van der Waals surface area contributed by atoms with E-state index in [9.17, 15) is 14.2 Å². The Bertz CT molecular complexity index is 582. The Morgan fingerprint density at radius 3 is 2.18 bits per heavy atom. The van der Waals surface area contributed by atoms with Crippen molar-refractivity contribution in [2.24, 2.45) is 0 Å². The summed E-state index contributed by atoms with van der Waals surface area (Å²) in [6, 6.07) is 0. The minimum absolute atomic E-state index is 0.0427. The van der Waals surface area contributed by atoms with Crippen molar-refractivity contribution in [3.8, 4) is 0 Å². The Morgan fingerprint density at radius 1 is 1.23 bits per heavy atom. The molecule has 0 fully saturated rings. The SMILES string of the molecule is Cc1cn(CCCOCC(O)(P(=O)(O)O)P(=O)(O)O)c(C)n1. The molecule has 0 bridgehead atoms. The van der Waals surface area contributed by atoms with Gasteiger partial charge in [-0.25, -0.2) is 4.98 Å². The Hall–Kier alpha value is -0.570. The van der Waals surface area contributed by atoms with Crippen LogP contribution in [0.5, 0.6) is 0 Å². The van der Waals surface area contributed by atoms with Gasteiger partial charge in [-0.05, 0) is 20.3 Å². The van der Waals surface area contributed by atoms with Gasteiger partial charge in [-0.2, -0.15) is 0 Å². The van der Waals surface area contributed by atoms with Crippen molar-refractivity contribution in [3.05, 3.63) is 17.7 Å². The molecule has 128 valence electrons. The summed E-state index contributed by atoms with van der Waals surface area (Å²) in [7, 11) is -10.9. The zero-order chi connectivity index (χ0) is 17.2. The first-order valence-corrected chi connectivity index (χ1v) is 9.53. The second kappa shape index (κ2) is 6.90. The van der Waals surface area contributed by atoms with Crippen LogP contribution in [-0.4, -0.2) is 52.5 Å². The molecule has 1 aromatic heterocycles. The highest BCUT2D eigenvalue weighted by Crippen LogP contribution is 2.67. The number of nitrogens with zero attached hydrogens (tertiary/aromatic N) is 2. The normalized spacial score (nSPS) is 13.6. The average Bonchev–Trinajstić information content (AvgIpc) is 2.64. The van der Waals surface area contributed by atoms with Crippen molar-refractivity contribution in [1.82, 2.24) is 9.55 Å². The van der Waals surface area contributed by atoms with Gasteiger partial charge in [0.15, 0.2) is 0 Å². The fraction of sp³-hybridized carbons (Fsp3) is 0.700. The van der Waals surface area contributed by atoms with Crippen molar-refractivity contribution in [2.45, 2.75) is 31.9 Å². The summed E-state index contributed by atoms with van der Waals surface area (Å²) >= 11 is 0. The van der Waals surface area contributed by atoms with Crippen LogP contribution in [0, 0.1) is 13.8 Å². The highest BCUT2D eigenvalue weighted by atomic mass is 31.2. The number of aromatic nitrogens is 2. The molecule has 22 heavy (non-hydrogen) atoms. The van der Waals surface area contributed by atoms with Gasteiger partial charge in [0.05, 0.1) is 12.3 Å². The summed E-state index contributed by atoms with van der Waals surface area (Å²) < 4.78 is 28.9. The molecular formula is C10H20N2O8P2. The molecule has 12 heteroatoms. The van der Waals surface area contributed by atoms with E-state index in [0.717, 1.165) is 11.5 Å². The van der Waals surface area contributed by atoms with Crippen LogP contribution >= 0.6 is 15.2 Å². The molecule has 0 aromatic carbocycles. The van der Waals surface area contributed by atoms with Crippen LogP contribution in [0.3, 0.4) is 0 Å². The first-order chi connectivity index (χ1) is 9.88. The summed E-state index contributed by atoms with van der Waals surface area (Å²) in [5.41, 5.74) is 0.843. The number of ether oxygens (including phenoxy) is 1. The Kier molecular flexibility index (Phi) is 6.11. The van der Waals surface area contributed by atoms with Crippen molar-refractivity contribution < 1.29 is 38.5 Å². The van der Waals surface area contributed by atoms with E-state index in [1.54, 1.807) is 0 Å². The van der Waals surface area contributed by atoms with Gasteiger partial charge in [0.1, 0.15) is 5.82 Å². The van der Waals surface area contributed by atoms with E-state index in [1.165, 1.54) is 0 Å². The molecule has 0 spiro atoms. The summed E-state index contributed by atoms with van der Waals surface area (Å²) in [5.74, 6) is 0.791. The molecule has 10 nitrogen and oxygen atoms in total. The summed E-state index contributed by atoms with van der Waals surface area (Å²) in [6.45, 7) is 2.95. The number of hydrogen-bond donors (Lipinski definition) is 5. The average molecular weight is 358 g/mol. The second-order valence-corrected chi connectivity index (χ2v) is 8.90. The highest BCUT2D eigenvalue weighted by Gasteiger charge is 2.59. The molecule has 1 heterocycles. The van der Waals surface area contributed by atoms with E-state index < -0.39 is 26.9 Å². The molecule has 0 saturated carbocycles. The van der Waals surface area contributed by atoms with Crippen molar-refractivity contribution >= 4 is 15.2 Å². The van der Waals surface area contributed by atoms with Crippen molar-refractivity contribution in [3.63, 3.8) is 0 Å². The maximum atomic E-state index is 11.1. The third kappa shape index (κ3) is 4.47. The van der Waals surface area contributed by atoms with Gasteiger partial charge in [0, 0.05) is 19.3 Å². The fourth-order valence-corrected chi connectivity index (χ4v) is 3.65. The number of imidazole rings is 1. The maximum absolute atomic E-state index is 11.1. The van der Waals surface area contributed by atoms with Crippen LogP contribution in [0.2, 0.25) is 0 Å². The van der Waals surface area contributed by atoms with E-state index in [1.807, 2.05) is 24.6 Å². The lowest BCUT2D eigenvalue weighted by molar-refractivity contribution is 0.0234. The molecule has 5 N–H and O–H groups in total. The van der Waals surface area contributed by atoms with E-state index in [0.29, 0.717) is 13.0 Å². The predicted octanol–water partition coefficient (Wildman–Crippen LogP) is -0.0919. The number of rotatable bonds is 8. The van der Waals surface area contributed by atoms with Gasteiger partial charge in [-0.3, -0.25) is 9.13 Å². The van der Waals surface area contributed by atoms with Gasteiger partial charge < -0.3 is 34.0 Å². The van der Waals surface area contributed by atoms with E-state index in [-0.39, 0.29) is 6.61 Å². The van der Waals surface area contributed by atoms with Crippen LogP contribution in [0.15, 0.2) is 6.20 Å². The molecule has 0 saturated heterocycles. The Labute approximate surface area is 127 Å². The summed E-state index contributed by atoms with van der Waals surface area (Å²) in [4.78, 5) is 39.9. The van der Waals surface area contributed by atoms with Gasteiger partial charge in [-0.15, -0.1) is 0 Å². The Balaban J connectivity index is 2.53. The molecule has 1 aromatic rings. The van der Waals surface area contributed by atoms with Gasteiger partial charge >= 0.3 is 15.2 Å². The van der Waals surface area contributed by atoms with Crippen LogP contribution < -0.4 is 0 Å². The maximum Gasteiger partial charge on any atom is 0.371 e. The van der Waals surface area contributed by atoms with Crippen molar-refractivity contribution in [1.29, 1.82) is 0 Å². The van der Waals surface area contributed by atoms with Crippen LogP contribution in [0.4, 0.5) is 0 Å². The topological polar surface area (TPSA) is 162 Å². The molecule has 0 atom stereocenters. The molecule has 0 aliphatic rings. The zero-order valence-electron chi connectivity index (χ0n) is 12.2. The molecular weight excluding hydrogens is 338 g/mol. The van der Waals surface area contributed by atoms with Crippen LogP contribution in [0.25, 0.3) is 0 Å². The molecule has 0 radical (unpaired) electrons. The van der Waals surface area contributed by atoms with Gasteiger partial charge in [0.2, 0.25) is 0 Å². The lowest BCUT2D eigenvalue weighted by atomic mass is 10.4. The minimum Gasteiger partial charge on any atom is -0.377 e. The van der Waals surface area contributed by atoms with Crippen LogP contribution in [-0.2, 0) is 20.4 Å². The Morgan fingerprint density at radius 2 is 1.77 bits per heavy atom. The van der Waals surface area contributed by atoms with Gasteiger partial charge in [0.25, 0.3) is 5.08 Å². The molecule has 0 unspecified atom stereocenters. The standard InChI is InChI=1S/C10H20N2O8P2/c1-8-6-12(9(2)11-8)4-3-5-20-7-10(13,21(14,15)16)22(17,18)19/h6,13H,3-5,7H2,1-2H3,(H2,14,15,16)(H2,17,18,19). The monoisotopic (exact) mass is 358 g/mol. The lowest BCUT2D eigenvalue weighted by Gasteiger charge is -2.28. The summed E-state index contributed by atoms with van der Waals surface area (Å²) in [5, 5.41) is 6.06. The smallest absolute Gasteiger partial charge is 0.371 e. The first kappa shape index (κ1) is 19.5. The largest absolute Gasteiger partial charge is 0.377 e. The minimum atomic E-state index is -5.47. The molecule has 1 rings (SSSR count). The van der Waals surface area contributed by atoms with E-state index in [4.69, 9.17) is 24.3 Å². The number of aliphatic hydroxyl groups is 1. The van der Waals surface area contributed by atoms with Gasteiger partial charge in [-0.1, -0.05) is 0 Å². The van der Waals surface area contributed by atoms with Crippen LogP contribution in [0.1, 0.15) is 17.9 Å². The second-order valence-electron chi connectivity index (χ2n) is 4.89. The van der Waals surface area contributed by atoms with E-state index in [2.05, 4.69) is 4.98 Å². The molecule has 0 aliphatic carbocycles. The third-order valence-electron chi connectivity index (χ3n) is 3.01. The molecule has 0 amide bonds. The molecule has 0 aliphatic heterocycles. The quantitative estimate of drug-likeness (QED) is 0.316. The van der Waals surface area contributed by atoms with Crippen molar-refractivity contribution in [2.75, 3.05) is 13.2 Å². The number of hydrogen-bond acceptors (Lipinski definition) is 5. The first-order valence-electron chi connectivity index (χ1n) is 6.30. The summed E-state index contributed by atoms with van der Waals surface area (Å²) in [6.07, 6.45) is 2.23. The van der Waals surface area contributed by atoms with E-state index >= 15 is 0 Å². The number of aryl methyl sites for hydroxylation is 3. The zero-order valence-corrected chi connectivity index (χ0v) is 13.9. The fourth-order valence-electron chi connectivity index (χ4n) is 1.78. The highest BCUT2D eigenvalue weighted by molar-refractivity contribution is 7.72. The predicted molar refractivity (Wildman–Crippen MR) is 76.2 cm³/mol. The third-order valence-corrected chi connectivity index (χ3v) is 6.70. The lowest BCUT2D eigenvalue weighted by Crippen LogP contribution is -2.34.